The van der Waals surface area contributed by atoms with Crippen LogP contribution in [0.3, 0.4) is 0 Å². The number of fused-ring (bicyclic) bond motifs is 6. The van der Waals surface area contributed by atoms with Gasteiger partial charge in [-0.05, 0) is 68.8 Å². The SMILES string of the molecule is CC1(C)c2ccccc2-c2c1ccc1c2Oc2cccc(-c3ccc(-c4nc(-c5cccc(-c6ccccc6)c5)nc(-c5cccc(-c6ccccc6)c5)n4)cc3)c2O1. The summed E-state index contributed by atoms with van der Waals surface area (Å²) in [5.74, 6) is 4.67. The predicted molar refractivity (Wildman–Crippen MR) is 237 cm³/mol. The molecule has 0 radical (unpaired) electrons. The van der Waals surface area contributed by atoms with Gasteiger partial charge in [-0.1, -0.05) is 178 Å². The third kappa shape index (κ3) is 5.98. The van der Waals surface area contributed by atoms with Crippen molar-refractivity contribution in [1.29, 1.82) is 0 Å². The van der Waals surface area contributed by atoms with Crippen LogP contribution >= 0.6 is 0 Å². The Bertz CT molecular complexity index is 2970. The Morgan fingerprint density at radius 3 is 1.46 bits per heavy atom. The molecule has 1 aliphatic carbocycles. The molecule has 1 aromatic heterocycles. The maximum absolute atomic E-state index is 6.76. The summed E-state index contributed by atoms with van der Waals surface area (Å²) in [4.78, 5) is 15.3. The van der Waals surface area contributed by atoms with E-state index in [9.17, 15) is 0 Å². The molecule has 0 spiro atoms. The molecule has 5 heteroatoms. The fourth-order valence-corrected chi connectivity index (χ4v) is 8.57. The van der Waals surface area contributed by atoms with E-state index >= 15 is 0 Å². The minimum Gasteiger partial charge on any atom is -0.449 e. The fourth-order valence-electron chi connectivity index (χ4n) is 8.57. The molecule has 280 valence electrons. The largest absolute Gasteiger partial charge is 0.449 e. The zero-order valence-electron chi connectivity index (χ0n) is 32.6. The summed E-state index contributed by atoms with van der Waals surface area (Å²) >= 11 is 0. The Morgan fingerprint density at radius 2 is 0.814 bits per heavy atom. The first-order valence-electron chi connectivity index (χ1n) is 19.9. The maximum atomic E-state index is 6.76. The van der Waals surface area contributed by atoms with E-state index < -0.39 is 0 Å². The van der Waals surface area contributed by atoms with E-state index in [-0.39, 0.29) is 5.41 Å². The summed E-state index contributed by atoms with van der Waals surface area (Å²) in [6.45, 7) is 4.55. The number of para-hydroxylation sites is 1. The molecule has 0 N–H and O–H groups in total. The first-order chi connectivity index (χ1) is 29.0. The van der Waals surface area contributed by atoms with Gasteiger partial charge in [-0.15, -0.1) is 0 Å². The molecule has 11 rings (SSSR count). The summed E-state index contributed by atoms with van der Waals surface area (Å²) < 4.78 is 13.5. The number of hydrogen-bond donors (Lipinski definition) is 0. The molecular weight excluding hydrogens is 723 g/mol. The Hall–Kier alpha value is -7.63. The standard InChI is InChI=1S/C54H37N3O2/c1-54(2)44-24-10-9-22-43(44)48-45(54)30-31-47-50(48)59-46-25-13-23-42(49(46)58-47)36-26-28-37(29-27-36)51-55-52(40-20-11-18-38(32-40)34-14-5-3-6-15-34)57-53(56-51)41-21-12-19-39(33-41)35-16-7-4-8-17-35/h3-33H,1-2H3. The van der Waals surface area contributed by atoms with Crippen LogP contribution in [0.5, 0.6) is 23.0 Å². The van der Waals surface area contributed by atoms with Gasteiger partial charge in [0, 0.05) is 33.2 Å². The van der Waals surface area contributed by atoms with Gasteiger partial charge in [-0.3, -0.25) is 0 Å². The molecule has 0 fully saturated rings. The minimum absolute atomic E-state index is 0.132. The van der Waals surface area contributed by atoms with Crippen molar-refractivity contribution < 1.29 is 9.47 Å². The highest BCUT2D eigenvalue weighted by Crippen LogP contribution is 2.59. The molecule has 0 bridgehead atoms. The van der Waals surface area contributed by atoms with E-state index in [1.807, 2.05) is 30.3 Å². The smallest absolute Gasteiger partial charge is 0.178 e. The van der Waals surface area contributed by atoms with Gasteiger partial charge in [0.25, 0.3) is 0 Å². The van der Waals surface area contributed by atoms with Gasteiger partial charge >= 0.3 is 0 Å². The predicted octanol–water partition coefficient (Wildman–Crippen LogP) is 14.1. The van der Waals surface area contributed by atoms with Crippen LogP contribution in [0.15, 0.2) is 188 Å². The van der Waals surface area contributed by atoms with Crippen LogP contribution in [0.2, 0.25) is 0 Å². The minimum atomic E-state index is -0.132. The van der Waals surface area contributed by atoms with Gasteiger partial charge in [-0.25, -0.2) is 15.0 Å². The number of rotatable bonds is 6. The monoisotopic (exact) mass is 759 g/mol. The van der Waals surface area contributed by atoms with Crippen molar-refractivity contribution in [1.82, 2.24) is 15.0 Å². The molecule has 0 saturated heterocycles. The topological polar surface area (TPSA) is 57.1 Å². The Morgan fingerprint density at radius 1 is 0.339 bits per heavy atom. The first kappa shape index (κ1) is 34.6. The lowest BCUT2D eigenvalue weighted by Gasteiger charge is -2.26. The summed E-state index contributed by atoms with van der Waals surface area (Å²) in [6, 6.07) is 64.8. The second-order valence-corrected chi connectivity index (χ2v) is 15.6. The van der Waals surface area contributed by atoms with E-state index in [0.29, 0.717) is 34.7 Å². The number of nitrogens with zero attached hydrogens (tertiary/aromatic N) is 3. The summed E-state index contributed by atoms with van der Waals surface area (Å²) in [5, 5.41) is 0. The lowest BCUT2D eigenvalue weighted by atomic mass is 9.82. The van der Waals surface area contributed by atoms with E-state index in [1.54, 1.807) is 0 Å². The highest BCUT2D eigenvalue weighted by atomic mass is 16.6. The van der Waals surface area contributed by atoms with Crippen LogP contribution in [0, 0.1) is 0 Å². The van der Waals surface area contributed by atoms with Crippen molar-refractivity contribution in [2.24, 2.45) is 0 Å². The summed E-state index contributed by atoms with van der Waals surface area (Å²) in [7, 11) is 0. The van der Waals surface area contributed by atoms with Gasteiger partial charge in [0.05, 0.1) is 0 Å². The van der Waals surface area contributed by atoms with Gasteiger partial charge in [0.2, 0.25) is 0 Å². The average molecular weight is 760 g/mol. The second kappa shape index (κ2) is 13.8. The molecule has 5 nitrogen and oxygen atoms in total. The van der Waals surface area contributed by atoms with Gasteiger partial charge in [0.1, 0.15) is 0 Å². The quantitative estimate of drug-likeness (QED) is 0.169. The number of aromatic nitrogens is 3. The molecule has 1 aliphatic heterocycles. The van der Waals surface area contributed by atoms with E-state index in [0.717, 1.165) is 61.4 Å². The molecule has 8 aromatic carbocycles. The lowest BCUT2D eigenvalue weighted by Crippen LogP contribution is -2.15. The van der Waals surface area contributed by atoms with E-state index in [4.69, 9.17) is 24.4 Å². The van der Waals surface area contributed by atoms with Crippen molar-refractivity contribution in [3.05, 3.63) is 199 Å². The fraction of sp³-hybridized carbons (Fsp3) is 0.0556. The highest BCUT2D eigenvalue weighted by Gasteiger charge is 2.39. The maximum Gasteiger partial charge on any atom is 0.178 e. The van der Waals surface area contributed by atoms with Crippen LogP contribution in [0.1, 0.15) is 25.0 Å². The van der Waals surface area contributed by atoms with Crippen molar-refractivity contribution >= 4 is 0 Å². The van der Waals surface area contributed by atoms with Gasteiger partial charge < -0.3 is 9.47 Å². The van der Waals surface area contributed by atoms with E-state index in [1.165, 1.54) is 16.7 Å². The van der Waals surface area contributed by atoms with Gasteiger partial charge in [-0.2, -0.15) is 0 Å². The molecule has 2 heterocycles. The van der Waals surface area contributed by atoms with Crippen LogP contribution in [-0.4, -0.2) is 15.0 Å². The molecule has 59 heavy (non-hydrogen) atoms. The lowest BCUT2D eigenvalue weighted by molar-refractivity contribution is 0.361. The summed E-state index contributed by atoms with van der Waals surface area (Å²) in [6.07, 6.45) is 0. The molecule has 0 amide bonds. The van der Waals surface area contributed by atoms with Crippen molar-refractivity contribution in [2.45, 2.75) is 19.3 Å². The molecule has 0 atom stereocenters. The normalized spacial score (nSPS) is 13.0. The second-order valence-electron chi connectivity index (χ2n) is 15.6. The van der Waals surface area contributed by atoms with Gasteiger partial charge in [0.15, 0.2) is 40.5 Å². The zero-order chi connectivity index (χ0) is 39.5. The van der Waals surface area contributed by atoms with Crippen molar-refractivity contribution in [3.8, 4) is 102 Å². The highest BCUT2D eigenvalue weighted by molar-refractivity contribution is 5.89. The van der Waals surface area contributed by atoms with Crippen LogP contribution in [0.4, 0.5) is 0 Å². The summed E-state index contributed by atoms with van der Waals surface area (Å²) in [5.41, 5.74) is 13.8. The zero-order valence-corrected chi connectivity index (χ0v) is 32.6. The molecular formula is C54H37N3O2. The van der Waals surface area contributed by atoms with Crippen LogP contribution in [0.25, 0.3) is 78.7 Å². The number of hydrogen-bond acceptors (Lipinski definition) is 5. The number of benzene rings is 8. The third-order valence-corrected chi connectivity index (χ3v) is 11.6. The first-order valence-corrected chi connectivity index (χ1v) is 19.9. The van der Waals surface area contributed by atoms with Crippen molar-refractivity contribution in [2.75, 3.05) is 0 Å². The van der Waals surface area contributed by atoms with Crippen LogP contribution < -0.4 is 9.47 Å². The Kier molecular flexibility index (Phi) is 8.09. The molecule has 0 unspecified atom stereocenters. The average Bonchev–Trinajstić information content (AvgIpc) is 3.54. The van der Waals surface area contributed by atoms with E-state index in [2.05, 4.69) is 172 Å². The molecule has 0 saturated carbocycles. The van der Waals surface area contributed by atoms with Crippen molar-refractivity contribution in [3.63, 3.8) is 0 Å². The number of ether oxygens (including phenoxy) is 2. The van der Waals surface area contributed by atoms with Crippen LogP contribution in [-0.2, 0) is 5.41 Å². The molecule has 2 aliphatic rings. The Labute approximate surface area is 343 Å². The Balaban J connectivity index is 0.971. The third-order valence-electron chi connectivity index (χ3n) is 11.6. The molecule has 9 aromatic rings.